The van der Waals surface area contributed by atoms with Gasteiger partial charge in [-0.3, -0.25) is 0 Å². The van der Waals surface area contributed by atoms with E-state index in [4.69, 9.17) is 10.5 Å². The molecule has 2 aromatic rings. The first kappa shape index (κ1) is 15.1. The third-order valence-electron chi connectivity index (χ3n) is 2.88. The van der Waals surface area contributed by atoms with Gasteiger partial charge in [-0.2, -0.15) is 5.10 Å². The number of hydrogen-bond acceptors (Lipinski definition) is 4. The van der Waals surface area contributed by atoms with Crippen LogP contribution < -0.4 is 5.73 Å². The summed E-state index contributed by atoms with van der Waals surface area (Å²) in [7, 11) is 0. The lowest BCUT2D eigenvalue weighted by molar-refractivity contribution is 0.00708. The van der Waals surface area contributed by atoms with Crippen molar-refractivity contribution in [2.24, 2.45) is 0 Å². The van der Waals surface area contributed by atoms with Crippen LogP contribution in [0.5, 0.6) is 0 Å². The summed E-state index contributed by atoms with van der Waals surface area (Å²) in [6.45, 7) is 9.45. The number of nitrogens with two attached hydrogens (primary N) is 1. The topological polar surface area (TPSA) is 70.1 Å². The van der Waals surface area contributed by atoms with Gasteiger partial charge >= 0.3 is 5.97 Å². The highest BCUT2D eigenvalue weighted by Gasteiger charge is 2.22. The van der Waals surface area contributed by atoms with E-state index in [-0.39, 0.29) is 11.4 Å². The van der Waals surface area contributed by atoms with Crippen LogP contribution in [-0.2, 0) is 4.74 Å². The van der Waals surface area contributed by atoms with Gasteiger partial charge in [-0.15, -0.1) is 0 Å². The lowest BCUT2D eigenvalue weighted by Crippen LogP contribution is -2.24. The Morgan fingerprint density at radius 1 is 1.19 bits per heavy atom. The number of anilines is 1. The highest BCUT2D eigenvalue weighted by atomic mass is 16.6. The van der Waals surface area contributed by atoms with E-state index in [1.54, 1.807) is 4.68 Å². The third kappa shape index (κ3) is 3.42. The second-order valence-corrected chi connectivity index (χ2v) is 6.20. The standard InChI is InChI=1S/C16H21N3O2/c1-10-6-11(2)8-12(7-10)19-14(17)13(9-18-19)15(20)21-16(3,4)5/h6-9H,17H2,1-5H3. The fraction of sp³-hybridized carbons (Fsp3) is 0.375. The van der Waals surface area contributed by atoms with Crippen LogP contribution in [0.4, 0.5) is 5.82 Å². The molecule has 0 atom stereocenters. The average Bonchev–Trinajstić information content (AvgIpc) is 2.67. The predicted molar refractivity (Wildman–Crippen MR) is 82.6 cm³/mol. The molecule has 5 heteroatoms. The smallest absolute Gasteiger partial charge is 0.344 e. The summed E-state index contributed by atoms with van der Waals surface area (Å²) >= 11 is 0. The van der Waals surface area contributed by atoms with E-state index < -0.39 is 11.6 Å². The first-order valence-electron chi connectivity index (χ1n) is 6.83. The molecule has 0 amide bonds. The number of nitrogens with zero attached hydrogens (tertiary/aromatic N) is 2. The molecule has 0 saturated carbocycles. The molecule has 2 N–H and O–H groups in total. The quantitative estimate of drug-likeness (QED) is 0.862. The molecule has 1 aromatic heterocycles. The number of carbonyl (C=O) groups excluding carboxylic acids is 1. The SMILES string of the molecule is Cc1cc(C)cc(-n2ncc(C(=O)OC(C)(C)C)c2N)c1. The molecule has 0 radical (unpaired) electrons. The Kier molecular flexibility index (Phi) is 3.77. The van der Waals surface area contributed by atoms with Crippen molar-refractivity contribution in [3.05, 3.63) is 41.1 Å². The first-order chi connectivity index (χ1) is 9.67. The molecule has 0 aliphatic rings. The molecular weight excluding hydrogens is 266 g/mol. The molecule has 0 aliphatic heterocycles. The molecule has 5 nitrogen and oxygen atoms in total. The van der Waals surface area contributed by atoms with Crippen molar-refractivity contribution >= 4 is 11.8 Å². The van der Waals surface area contributed by atoms with Crippen LogP contribution in [-0.4, -0.2) is 21.4 Å². The molecule has 0 saturated heterocycles. The zero-order valence-corrected chi connectivity index (χ0v) is 13.1. The summed E-state index contributed by atoms with van der Waals surface area (Å²) in [4.78, 5) is 12.1. The minimum Gasteiger partial charge on any atom is -0.456 e. The Labute approximate surface area is 124 Å². The van der Waals surface area contributed by atoms with E-state index in [0.717, 1.165) is 16.8 Å². The minimum absolute atomic E-state index is 0.282. The molecule has 0 spiro atoms. The van der Waals surface area contributed by atoms with Crippen molar-refractivity contribution in [1.82, 2.24) is 9.78 Å². The average molecular weight is 287 g/mol. The highest BCUT2D eigenvalue weighted by Crippen LogP contribution is 2.21. The second kappa shape index (κ2) is 5.24. The largest absolute Gasteiger partial charge is 0.456 e. The van der Waals surface area contributed by atoms with Crippen LogP contribution in [0.2, 0.25) is 0 Å². The maximum Gasteiger partial charge on any atom is 0.344 e. The van der Waals surface area contributed by atoms with Crippen molar-refractivity contribution in [2.75, 3.05) is 5.73 Å². The van der Waals surface area contributed by atoms with Gasteiger partial charge < -0.3 is 10.5 Å². The molecule has 1 heterocycles. The van der Waals surface area contributed by atoms with Crippen LogP contribution in [0.25, 0.3) is 5.69 Å². The number of nitrogen functional groups attached to an aromatic ring is 1. The van der Waals surface area contributed by atoms with Gasteiger partial charge in [0.25, 0.3) is 0 Å². The van der Waals surface area contributed by atoms with Gasteiger partial charge in [0, 0.05) is 0 Å². The molecule has 2 rings (SSSR count). The second-order valence-electron chi connectivity index (χ2n) is 6.20. The number of esters is 1. The molecule has 0 bridgehead atoms. The number of hydrogen-bond donors (Lipinski definition) is 1. The van der Waals surface area contributed by atoms with Gasteiger partial charge in [-0.05, 0) is 57.9 Å². The minimum atomic E-state index is -0.564. The monoisotopic (exact) mass is 287 g/mol. The van der Waals surface area contributed by atoms with E-state index in [2.05, 4.69) is 11.2 Å². The summed E-state index contributed by atoms with van der Waals surface area (Å²) in [6, 6.07) is 6.00. The summed E-state index contributed by atoms with van der Waals surface area (Å²) in [5.74, 6) is -0.176. The summed E-state index contributed by atoms with van der Waals surface area (Å²) < 4.78 is 6.88. The molecule has 21 heavy (non-hydrogen) atoms. The van der Waals surface area contributed by atoms with Crippen LogP contribution in [0.15, 0.2) is 24.4 Å². The van der Waals surface area contributed by atoms with E-state index in [1.165, 1.54) is 6.20 Å². The maximum absolute atomic E-state index is 12.1. The fourth-order valence-corrected chi connectivity index (χ4v) is 2.13. The van der Waals surface area contributed by atoms with Crippen molar-refractivity contribution in [2.45, 2.75) is 40.2 Å². The van der Waals surface area contributed by atoms with Gasteiger partial charge in [0.05, 0.1) is 11.9 Å². The van der Waals surface area contributed by atoms with Crippen molar-refractivity contribution < 1.29 is 9.53 Å². The van der Waals surface area contributed by atoms with Crippen LogP contribution >= 0.6 is 0 Å². The molecule has 0 unspecified atom stereocenters. The number of carbonyl (C=O) groups is 1. The Morgan fingerprint density at radius 3 is 2.29 bits per heavy atom. The van der Waals surface area contributed by atoms with E-state index >= 15 is 0 Å². The summed E-state index contributed by atoms with van der Waals surface area (Å²) in [6.07, 6.45) is 1.45. The number of aromatic nitrogens is 2. The zero-order valence-electron chi connectivity index (χ0n) is 13.1. The molecule has 112 valence electrons. The van der Waals surface area contributed by atoms with Gasteiger partial charge in [0.15, 0.2) is 0 Å². The Balaban J connectivity index is 2.39. The molecular formula is C16H21N3O2. The Morgan fingerprint density at radius 2 is 1.76 bits per heavy atom. The highest BCUT2D eigenvalue weighted by molar-refractivity contribution is 5.94. The number of benzene rings is 1. The number of ether oxygens (including phenoxy) is 1. The zero-order chi connectivity index (χ0) is 15.8. The third-order valence-corrected chi connectivity index (χ3v) is 2.88. The number of rotatable bonds is 2. The van der Waals surface area contributed by atoms with Gasteiger partial charge in [0.2, 0.25) is 0 Å². The van der Waals surface area contributed by atoms with E-state index in [9.17, 15) is 4.79 Å². The lowest BCUT2D eigenvalue weighted by Gasteiger charge is -2.19. The van der Waals surface area contributed by atoms with Gasteiger partial charge in [0.1, 0.15) is 17.0 Å². The van der Waals surface area contributed by atoms with Crippen molar-refractivity contribution in [1.29, 1.82) is 0 Å². The Hall–Kier alpha value is -2.30. The summed E-state index contributed by atoms with van der Waals surface area (Å²) in [5.41, 5.74) is 8.83. The lowest BCUT2D eigenvalue weighted by atomic mass is 10.1. The molecule has 1 aromatic carbocycles. The summed E-state index contributed by atoms with van der Waals surface area (Å²) in [5, 5.41) is 4.21. The van der Waals surface area contributed by atoms with Crippen molar-refractivity contribution in [3.63, 3.8) is 0 Å². The molecule has 0 fully saturated rings. The fourth-order valence-electron chi connectivity index (χ4n) is 2.13. The maximum atomic E-state index is 12.1. The van der Waals surface area contributed by atoms with Crippen LogP contribution in [0.3, 0.4) is 0 Å². The first-order valence-corrected chi connectivity index (χ1v) is 6.83. The van der Waals surface area contributed by atoms with Crippen LogP contribution in [0, 0.1) is 13.8 Å². The normalized spacial score (nSPS) is 11.5. The van der Waals surface area contributed by atoms with Crippen LogP contribution in [0.1, 0.15) is 42.3 Å². The number of aryl methyl sites for hydroxylation is 2. The van der Waals surface area contributed by atoms with Gasteiger partial charge in [-0.1, -0.05) is 6.07 Å². The predicted octanol–water partition coefficient (Wildman–Crippen LogP) is 3.03. The van der Waals surface area contributed by atoms with E-state index in [0.29, 0.717) is 0 Å². The van der Waals surface area contributed by atoms with E-state index in [1.807, 2.05) is 46.8 Å². The van der Waals surface area contributed by atoms with Gasteiger partial charge in [-0.25, -0.2) is 9.48 Å². The van der Waals surface area contributed by atoms with Crippen molar-refractivity contribution in [3.8, 4) is 5.69 Å². The molecule has 0 aliphatic carbocycles. The Bertz CT molecular complexity index is 661.